The SMILES string of the molecule is Nc1nc2c(-c3c(Cl)c4c5c(nc(OC[C@@]67CCCN6C[C@H](F)C7)nc5c3F)N3C[C@H]5CC[C@H](N5)[C@@H]3CO4)cccc2s1. The Hall–Kier alpha value is -3.06. The first-order valence-corrected chi connectivity index (χ1v) is 16.1. The molecular weight excluding hydrogens is 596 g/mol. The number of nitrogens with zero attached hydrogens (tertiary/aromatic N) is 5. The van der Waals surface area contributed by atoms with Crippen LogP contribution in [-0.4, -0.2) is 82.5 Å². The van der Waals surface area contributed by atoms with Crippen LogP contribution < -0.4 is 25.4 Å². The van der Waals surface area contributed by atoms with E-state index >= 15 is 4.39 Å². The van der Waals surface area contributed by atoms with Gasteiger partial charge in [0.15, 0.2) is 16.7 Å². The third kappa shape index (κ3) is 3.89. The van der Waals surface area contributed by atoms with Gasteiger partial charge in [-0.3, -0.25) is 4.90 Å². The van der Waals surface area contributed by atoms with Gasteiger partial charge in [0.25, 0.3) is 0 Å². The average Bonchev–Trinajstić information content (AvgIpc) is 3.72. The highest BCUT2D eigenvalue weighted by molar-refractivity contribution is 7.22. The molecule has 2 aromatic heterocycles. The number of alkyl halides is 1. The largest absolute Gasteiger partial charge is 0.489 e. The minimum atomic E-state index is -0.882. The summed E-state index contributed by atoms with van der Waals surface area (Å²) in [4.78, 5) is 18.5. The number of hydrogen-bond acceptors (Lipinski definition) is 10. The average molecular weight is 626 g/mol. The number of anilines is 2. The summed E-state index contributed by atoms with van der Waals surface area (Å²) in [6.07, 6.45) is 3.46. The highest BCUT2D eigenvalue weighted by Gasteiger charge is 2.50. The number of ether oxygens (including phenoxy) is 2. The molecule has 9 rings (SSSR count). The second-order valence-electron chi connectivity index (χ2n) is 12.5. The lowest BCUT2D eigenvalue weighted by atomic mass is 9.95. The summed E-state index contributed by atoms with van der Waals surface area (Å²) in [6.45, 7) is 2.58. The van der Waals surface area contributed by atoms with Crippen molar-refractivity contribution in [2.24, 2.45) is 0 Å². The van der Waals surface area contributed by atoms with Gasteiger partial charge in [0.2, 0.25) is 0 Å². The Morgan fingerprint density at radius 1 is 1.21 bits per heavy atom. The Morgan fingerprint density at radius 3 is 3.02 bits per heavy atom. The lowest BCUT2D eigenvalue weighted by Crippen LogP contribution is -2.60. The molecule has 43 heavy (non-hydrogen) atoms. The van der Waals surface area contributed by atoms with E-state index in [4.69, 9.17) is 31.8 Å². The third-order valence-corrected chi connectivity index (χ3v) is 11.3. The van der Waals surface area contributed by atoms with E-state index in [1.165, 1.54) is 11.3 Å². The Morgan fingerprint density at radius 2 is 2.12 bits per heavy atom. The molecule has 0 unspecified atom stereocenters. The molecule has 7 heterocycles. The van der Waals surface area contributed by atoms with Gasteiger partial charge >= 0.3 is 6.01 Å². The van der Waals surface area contributed by atoms with Crippen LogP contribution in [0.1, 0.15) is 32.1 Å². The first kappa shape index (κ1) is 26.4. The van der Waals surface area contributed by atoms with Crippen LogP contribution in [0.4, 0.5) is 19.7 Å². The summed E-state index contributed by atoms with van der Waals surface area (Å²) >= 11 is 8.40. The molecular formula is C30H30ClF2N7O2S. The number of para-hydroxylation sites is 1. The molecule has 0 saturated carbocycles. The number of nitrogen functional groups attached to an aromatic ring is 1. The van der Waals surface area contributed by atoms with Gasteiger partial charge in [-0.15, -0.1) is 0 Å². The second kappa shape index (κ2) is 9.47. The molecule has 3 N–H and O–H groups in total. The van der Waals surface area contributed by atoms with Crippen molar-refractivity contribution in [3.8, 4) is 22.9 Å². The molecule has 0 radical (unpaired) electrons. The van der Waals surface area contributed by atoms with E-state index in [2.05, 4.69) is 25.1 Å². The summed E-state index contributed by atoms with van der Waals surface area (Å²) in [5.41, 5.74) is 6.97. The predicted molar refractivity (Wildman–Crippen MR) is 163 cm³/mol. The molecule has 0 aliphatic carbocycles. The Bertz CT molecular complexity index is 1810. The minimum absolute atomic E-state index is 0.0208. The van der Waals surface area contributed by atoms with E-state index < -0.39 is 12.0 Å². The van der Waals surface area contributed by atoms with Crippen LogP contribution >= 0.6 is 22.9 Å². The standard InChI is InChI=1S/C30H30ClF2N7O2S/c31-22-20(16-3-1-4-19-24(16)36-28(34)43-19)23(33)25-21-26(22)41-12-18-17-6-5-15(35-17)11-40(18)27(21)38-29(37-25)42-13-30-7-2-8-39(30)10-14(32)9-30/h1,3-4,14-15,17-18,35H,2,5-13H2,(H2,34,36)/t14-,15-,17+,18+,30+/m1/s1. The monoisotopic (exact) mass is 625 g/mol. The van der Waals surface area contributed by atoms with Crippen LogP contribution in [0.2, 0.25) is 5.02 Å². The molecule has 2 bridgehead atoms. The van der Waals surface area contributed by atoms with Crippen LogP contribution in [0.3, 0.4) is 0 Å². The van der Waals surface area contributed by atoms with E-state index in [9.17, 15) is 4.39 Å². The lowest BCUT2D eigenvalue weighted by Gasteiger charge is -2.40. The molecule has 5 aliphatic rings. The highest BCUT2D eigenvalue weighted by atomic mass is 35.5. The quantitative estimate of drug-likeness (QED) is 0.327. The van der Waals surface area contributed by atoms with Gasteiger partial charge in [-0.2, -0.15) is 9.97 Å². The van der Waals surface area contributed by atoms with Crippen LogP contribution in [0.25, 0.3) is 32.2 Å². The Balaban J connectivity index is 1.24. The predicted octanol–water partition coefficient (Wildman–Crippen LogP) is 4.94. The van der Waals surface area contributed by atoms with Crippen molar-refractivity contribution in [2.45, 2.75) is 61.9 Å². The summed E-state index contributed by atoms with van der Waals surface area (Å²) in [5.74, 6) is 0.327. The number of hydrogen-bond donors (Lipinski definition) is 2. The summed E-state index contributed by atoms with van der Waals surface area (Å²) in [7, 11) is 0. The topological polar surface area (TPSA) is 102 Å². The van der Waals surface area contributed by atoms with E-state index in [1.54, 1.807) is 6.07 Å². The molecule has 2 aromatic carbocycles. The fourth-order valence-corrected chi connectivity index (χ4v) is 9.30. The van der Waals surface area contributed by atoms with Gasteiger partial charge in [0.1, 0.15) is 30.7 Å². The van der Waals surface area contributed by atoms with E-state index in [1.807, 2.05) is 12.1 Å². The number of benzene rings is 2. The van der Waals surface area contributed by atoms with E-state index in [0.717, 1.165) is 36.9 Å². The van der Waals surface area contributed by atoms with Crippen molar-refractivity contribution in [1.29, 1.82) is 0 Å². The molecule has 224 valence electrons. The second-order valence-corrected chi connectivity index (χ2v) is 14.0. The van der Waals surface area contributed by atoms with E-state index in [0.29, 0.717) is 65.3 Å². The zero-order valence-electron chi connectivity index (χ0n) is 23.3. The molecule has 0 spiro atoms. The van der Waals surface area contributed by atoms with Gasteiger partial charge in [0.05, 0.1) is 32.2 Å². The van der Waals surface area contributed by atoms with E-state index in [-0.39, 0.29) is 46.3 Å². The zero-order chi connectivity index (χ0) is 29.0. The van der Waals surface area contributed by atoms with Crippen LogP contribution in [0, 0.1) is 5.82 Å². The van der Waals surface area contributed by atoms with Gasteiger partial charge in [0, 0.05) is 42.7 Å². The van der Waals surface area contributed by atoms with Crippen molar-refractivity contribution in [3.63, 3.8) is 0 Å². The fourth-order valence-electron chi connectivity index (χ4n) is 8.20. The molecule has 13 heteroatoms. The number of aromatic nitrogens is 3. The molecule has 5 atom stereocenters. The van der Waals surface area contributed by atoms with Crippen LogP contribution in [0.5, 0.6) is 11.8 Å². The van der Waals surface area contributed by atoms with Gasteiger partial charge in [-0.25, -0.2) is 13.8 Å². The van der Waals surface area contributed by atoms with Crippen molar-refractivity contribution in [1.82, 2.24) is 25.2 Å². The number of nitrogens with one attached hydrogen (secondary N) is 1. The lowest BCUT2D eigenvalue weighted by molar-refractivity contribution is 0.107. The first-order chi connectivity index (χ1) is 20.9. The van der Waals surface area contributed by atoms with Crippen molar-refractivity contribution in [3.05, 3.63) is 29.0 Å². The zero-order valence-corrected chi connectivity index (χ0v) is 24.9. The summed E-state index contributed by atoms with van der Waals surface area (Å²) < 4.78 is 45.0. The van der Waals surface area contributed by atoms with Crippen molar-refractivity contribution >= 4 is 55.0 Å². The third-order valence-electron chi connectivity index (χ3n) is 10.1. The molecule has 4 fully saturated rings. The maximum Gasteiger partial charge on any atom is 0.319 e. The molecule has 5 aliphatic heterocycles. The maximum atomic E-state index is 16.9. The normalized spacial score (nSPS) is 29.6. The number of piperazine rings is 1. The number of fused-ring (bicyclic) bond motifs is 7. The smallest absolute Gasteiger partial charge is 0.319 e. The van der Waals surface area contributed by atoms with Crippen molar-refractivity contribution < 1.29 is 18.3 Å². The molecule has 4 aromatic rings. The number of rotatable bonds is 4. The number of nitrogens with two attached hydrogens (primary N) is 1. The summed E-state index contributed by atoms with van der Waals surface area (Å²) in [6, 6.07) is 6.09. The Kier molecular flexibility index (Phi) is 5.80. The van der Waals surface area contributed by atoms with Crippen molar-refractivity contribution in [2.75, 3.05) is 43.5 Å². The first-order valence-electron chi connectivity index (χ1n) is 14.9. The molecule has 0 amide bonds. The number of halogens is 3. The minimum Gasteiger partial charge on any atom is -0.489 e. The molecule has 9 nitrogen and oxygen atoms in total. The Labute approximate surface area is 255 Å². The summed E-state index contributed by atoms with van der Waals surface area (Å²) in [5, 5.41) is 4.69. The van der Waals surface area contributed by atoms with Gasteiger partial charge in [-0.1, -0.05) is 35.1 Å². The van der Waals surface area contributed by atoms with Crippen LogP contribution in [0.15, 0.2) is 18.2 Å². The van der Waals surface area contributed by atoms with Gasteiger partial charge < -0.3 is 25.4 Å². The molecule has 4 saturated heterocycles. The maximum absolute atomic E-state index is 16.9. The number of thiazole rings is 1. The van der Waals surface area contributed by atoms with Crippen LogP contribution in [-0.2, 0) is 0 Å². The highest BCUT2D eigenvalue weighted by Crippen LogP contribution is 2.50. The fraction of sp³-hybridized carbons (Fsp3) is 0.500. The van der Waals surface area contributed by atoms with Gasteiger partial charge in [-0.05, 0) is 38.3 Å².